The summed E-state index contributed by atoms with van der Waals surface area (Å²) in [7, 11) is 1.59. The van der Waals surface area contributed by atoms with E-state index < -0.39 is 0 Å². The first-order chi connectivity index (χ1) is 18.5. The van der Waals surface area contributed by atoms with Gasteiger partial charge < -0.3 is 19.1 Å². The molecule has 0 radical (unpaired) electrons. The van der Waals surface area contributed by atoms with Crippen molar-refractivity contribution in [2.24, 2.45) is 0 Å². The molecular weight excluding hydrogens is 474 g/mol. The van der Waals surface area contributed by atoms with Gasteiger partial charge in [-0.1, -0.05) is 62.6 Å². The van der Waals surface area contributed by atoms with Crippen LogP contribution in [0.3, 0.4) is 0 Å². The molecule has 0 spiro atoms. The number of aromatic nitrogens is 1. The second-order valence-electron chi connectivity index (χ2n) is 10.3. The largest absolute Gasteiger partial charge is 0.497 e. The van der Waals surface area contributed by atoms with Crippen LogP contribution in [-0.4, -0.2) is 51.9 Å². The fourth-order valence-electron chi connectivity index (χ4n) is 5.32. The highest BCUT2D eigenvalue weighted by Gasteiger charge is 2.30. The van der Waals surface area contributed by atoms with E-state index in [1.54, 1.807) is 24.1 Å². The predicted octanol–water partition coefficient (Wildman–Crippen LogP) is 6.15. The van der Waals surface area contributed by atoms with E-state index in [0.29, 0.717) is 17.9 Å². The maximum absolute atomic E-state index is 14.0. The monoisotopic (exact) mass is 515 g/mol. The van der Waals surface area contributed by atoms with E-state index in [0.717, 1.165) is 44.3 Å². The average molecular weight is 516 g/mol. The molecule has 0 saturated heterocycles. The fraction of sp³-hybridized carbons (Fsp3) is 0.438. The van der Waals surface area contributed by atoms with E-state index in [9.17, 15) is 9.59 Å². The number of amides is 2. The Bertz CT molecular complexity index is 1180. The van der Waals surface area contributed by atoms with Gasteiger partial charge in [0, 0.05) is 36.1 Å². The molecule has 1 unspecified atom stereocenters. The van der Waals surface area contributed by atoms with Gasteiger partial charge in [-0.25, -0.2) is 0 Å². The summed E-state index contributed by atoms with van der Waals surface area (Å²) in [5.41, 5.74) is 2.88. The number of methoxy groups -OCH3 is 1. The quantitative estimate of drug-likeness (QED) is 0.308. The van der Waals surface area contributed by atoms with Crippen molar-refractivity contribution in [3.05, 3.63) is 89.7 Å². The molecule has 2 aromatic carbocycles. The van der Waals surface area contributed by atoms with Gasteiger partial charge in [0.1, 0.15) is 12.3 Å². The lowest BCUT2D eigenvalue weighted by Crippen LogP contribution is -2.49. The maximum Gasteiger partial charge on any atom is 0.254 e. The fourth-order valence-corrected chi connectivity index (χ4v) is 5.32. The number of carbonyl (C=O) groups is 2. The summed E-state index contributed by atoms with van der Waals surface area (Å²) in [5.74, 6) is 0.512. The summed E-state index contributed by atoms with van der Waals surface area (Å²) >= 11 is 0. The van der Waals surface area contributed by atoms with Crippen LogP contribution in [0.2, 0.25) is 0 Å². The molecule has 0 bridgehead atoms. The van der Waals surface area contributed by atoms with E-state index >= 15 is 0 Å². The first kappa shape index (κ1) is 27.5. The number of benzene rings is 2. The van der Waals surface area contributed by atoms with Crippen LogP contribution in [0.1, 0.15) is 74.0 Å². The second-order valence-corrected chi connectivity index (χ2v) is 10.3. The van der Waals surface area contributed by atoms with E-state index in [1.165, 1.54) is 12.0 Å². The Morgan fingerprint density at radius 3 is 2.47 bits per heavy atom. The lowest BCUT2D eigenvalue weighted by Gasteiger charge is -2.37. The summed E-state index contributed by atoms with van der Waals surface area (Å²) < 4.78 is 7.56. The molecule has 0 aliphatic heterocycles. The van der Waals surface area contributed by atoms with Crippen molar-refractivity contribution in [3.8, 4) is 5.75 Å². The van der Waals surface area contributed by atoms with Crippen molar-refractivity contribution in [1.82, 2.24) is 14.4 Å². The normalized spacial score (nSPS) is 14.6. The molecule has 1 atom stereocenters. The minimum atomic E-state index is -0.136. The molecule has 6 heteroatoms. The first-order valence-electron chi connectivity index (χ1n) is 13.9. The Morgan fingerprint density at radius 1 is 1.00 bits per heavy atom. The number of ether oxygens (including phenoxy) is 1. The van der Waals surface area contributed by atoms with Crippen LogP contribution in [0.4, 0.5) is 0 Å². The van der Waals surface area contributed by atoms with Crippen LogP contribution in [0.25, 0.3) is 0 Å². The molecule has 38 heavy (non-hydrogen) atoms. The molecule has 1 heterocycles. The average Bonchev–Trinajstić information content (AvgIpc) is 3.41. The highest BCUT2D eigenvalue weighted by atomic mass is 16.5. The number of rotatable bonds is 11. The summed E-state index contributed by atoms with van der Waals surface area (Å²) in [6.45, 7) is 5.45. The zero-order chi connectivity index (χ0) is 26.9. The van der Waals surface area contributed by atoms with Crippen molar-refractivity contribution in [1.29, 1.82) is 0 Å². The van der Waals surface area contributed by atoms with Crippen LogP contribution in [0.15, 0.2) is 72.9 Å². The van der Waals surface area contributed by atoms with Crippen LogP contribution in [-0.2, 0) is 17.9 Å². The van der Waals surface area contributed by atoms with Gasteiger partial charge in [-0.3, -0.25) is 9.59 Å². The topological polar surface area (TPSA) is 54.8 Å². The third-order valence-corrected chi connectivity index (χ3v) is 7.79. The van der Waals surface area contributed by atoms with Crippen molar-refractivity contribution >= 4 is 11.8 Å². The maximum atomic E-state index is 14.0. The van der Waals surface area contributed by atoms with Gasteiger partial charge in [0.25, 0.3) is 5.91 Å². The molecule has 4 rings (SSSR count). The van der Waals surface area contributed by atoms with Crippen molar-refractivity contribution < 1.29 is 14.3 Å². The van der Waals surface area contributed by atoms with Gasteiger partial charge in [0.15, 0.2) is 0 Å². The molecule has 1 aliphatic rings. The van der Waals surface area contributed by atoms with E-state index in [-0.39, 0.29) is 30.4 Å². The molecular formula is C32H41N3O3. The van der Waals surface area contributed by atoms with Gasteiger partial charge in [-0.05, 0) is 62.1 Å². The highest BCUT2D eigenvalue weighted by molar-refractivity contribution is 5.97. The molecule has 6 nitrogen and oxygen atoms in total. The molecule has 202 valence electrons. The molecule has 2 amide bonds. The predicted molar refractivity (Wildman–Crippen MR) is 151 cm³/mol. The minimum Gasteiger partial charge on any atom is -0.497 e. The number of hydrogen-bond acceptors (Lipinski definition) is 3. The van der Waals surface area contributed by atoms with Gasteiger partial charge >= 0.3 is 0 Å². The Morgan fingerprint density at radius 2 is 1.76 bits per heavy atom. The summed E-state index contributed by atoms with van der Waals surface area (Å²) in [6, 6.07) is 21.9. The molecule has 3 aromatic rings. The lowest BCUT2D eigenvalue weighted by molar-refractivity contribution is -0.136. The van der Waals surface area contributed by atoms with E-state index in [2.05, 4.69) is 54.1 Å². The smallest absolute Gasteiger partial charge is 0.254 e. The molecule has 1 fully saturated rings. The van der Waals surface area contributed by atoms with E-state index in [4.69, 9.17) is 4.74 Å². The number of nitrogens with zero attached hydrogens (tertiary/aromatic N) is 3. The standard InChI is InChI=1S/C32H41N3O3/c1-4-25(2)34(32(37)27-15-11-19-30(21-27)38-3)24-31(36)35(28-16-9-6-10-17-28)23-29-18-12-20-33(29)22-26-13-7-5-8-14-26/h5,7-8,11-15,18-21,25,28H,4,6,9-10,16-17,22-24H2,1-3H3. The SMILES string of the molecule is CCC(C)N(CC(=O)N(Cc1cccn1Cc1ccccc1)C1CCCCC1)C(=O)c1cccc(OC)c1. The highest BCUT2D eigenvalue weighted by Crippen LogP contribution is 2.26. The van der Waals surface area contributed by atoms with Crippen molar-refractivity contribution in [3.63, 3.8) is 0 Å². The molecule has 0 N–H and O–H groups in total. The number of carbonyl (C=O) groups excluding carboxylic acids is 2. The number of hydrogen-bond donors (Lipinski definition) is 0. The Labute approximate surface area is 227 Å². The van der Waals surface area contributed by atoms with Crippen LogP contribution in [0.5, 0.6) is 5.75 Å². The zero-order valence-corrected chi connectivity index (χ0v) is 23.0. The van der Waals surface area contributed by atoms with E-state index in [1.807, 2.05) is 30.0 Å². The summed E-state index contributed by atoms with van der Waals surface area (Å²) in [6.07, 6.45) is 8.37. The Hall–Kier alpha value is -3.54. The zero-order valence-electron chi connectivity index (χ0n) is 23.0. The Kier molecular flexibility index (Phi) is 9.63. The van der Waals surface area contributed by atoms with Gasteiger partial charge in [-0.2, -0.15) is 0 Å². The Balaban J connectivity index is 1.57. The van der Waals surface area contributed by atoms with Crippen molar-refractivity contribution in [2.75, 3.05) is 13.7 Å². The molecule has 1 aromatic heterocycles. The summed E-state index contributed by atoms with van der Waals surface area (Å²) in [5, 5.41) is 0. The molecule has 1 saturated carbocycles. The van der Waals surface area contributed by atoms with Crippen LogP contribution in [0, 0.1) is 0 Å². The molecule has 1 aliphatic carbocycles. The minimum absolute atomic E-state index is 0.0147. The second kappa shape index (κ2) is 13.3. The third-order valence-electron chi connectivity index (χ3n) is 7.79. The third kappa shape index (κ3) is 6.85. The van der Waals surface area contributed by atoms with Gasteiger partial charge in [0.05, 0.1) is 13.7 Å². The summed E-state index contributed by atoms with van der Waals surface area (Å²) in [4.78, 5) is 31.4. The first-order valence-corrected chi connectivity index (χ1v) is 13.9. The van der Waals surface area contributed by atoms with Crippen LogP contribution < -0.4 is 4.74 Å². The van der Waals surface area contributed by atoms with Gasteiger partial charge in [0.2, 0.25) is 5.91 Å². The van der Waals surface area contributed by atoms with Gasteiger partial charge in [-0.15, -0.1) is 0 Å². The van der Waals surface area contributed by atoms with Crippen molar-refractivity contribution in [2.45, 2.75) is 77.5 Å². The van der Waals surface area contributed by atoms with Crippen LogP contribution >= 0.6 is 0 Å². The lowest BCUT2D eigenvalue weighted by atomic mass is 9.94.